The minimum atomic E-state index is -0.103. The number of amides is 1. The number of carbonyl (C=O) groups is 1. The van der Waals surface area contributed by atoms with Crippen LogP contribution in [0.4, 0.5) is 0 Å². The number of hydrogen-bond acceptors (Lipinski definition) is 4. The van der Waals surface area contributed by atoms with Gasteiger partial charge in [0.1, 0.15) is 17.6 Å². The normalized spacial score (nSPS) is 18.5. The fourth-order valence-corrected chi connectivity index (χ4v) is 4.73. The minimum Gasteiger partial charge on any atom is -0.497 e. The van der Waals surface area contributed by atoms with E-state index in [2.05, 4.69) is 34.9 Å². The Balaban J connectivity index is 1.51. The van der Waals surface area contributed by atoms with Crippen molar-refractivity contribution in [1.82, 2.24) is 14.7 Å². The molecule has 4 rings (SSSR count). The molecule has 0 aliphatic carbocycles. The molecule has 0 bridgehead atoms. The van der Waals surface area contributed by atoms with Gasteiger partial charge in [0.15, 0.2) is 0 Å². The molecule has 3 aromatic rings. The molecule has 0 N–H and O–H groups in total. The van der Waals surface area contributed by atoms with E-state index in [0.717, 1.165) is 38.1 Å². The van der Waals surface area contributed by atoms with Crippen LogP contribution in [0, 0.1) is 12.8 Å². The summed E-state index contributed by atoms with van der Waals surface area (Å²) in [6.07, 6.45) is 0.388. The summed E-state index contributed by atoms with van der Waals surface area (Å²) in [5.41, 5.74) is 3.05. The van der Waals surface area contributed by atoms with E-state index in [0.29, 0.717) is 13.0 Å². The molecule has 164 valence electrons. The van der Waals surface area contributed by atoms with Crippen molar-refractivity contribution in [1.29, 1.82) is 0 Å². The van der Waals surface area contributed by atoms with Crippen molar-refractivity contribution < 1.29 is 14.3 Å². The zero-order valence-corrected chi connectivity index (χ0v) is 20.1. The molecular formula is C24H28BrN3O3. The molecule has 1 unspecified atom stereocenters. The molecule has 0 saturated carbocycles. The zero-order valence-electron chi connectivity index (χ0n) is 18.6. The maximum absolute atomic E-state index is 12.8. The van der Waals surface area contributed by atoms with Gasteiger partial charge in [-0.2, -0.15) is 5.10 Å². The first-order chi connectivity index (χ1) is 14.8. The molecule has 1 fully saturated rings. The van der Waals surface area contributed by atoms with Crippen molar-refractivity contribution in [2.75, 3.05) is 13.7 Å². The van der Waals surface area contributed by atoms with Crippen molar-refractivity contribution in [2.45, 2.75) is 39.3 Å². The van der Waals surface area contributed by atoms with Crippen LogP contribution < -0.4 is 9.47 Å². The third kappa shape index (κ3) is 4.15. The number of aromatic nitrogens is 2. The Morgan fingerprint density at radius 3 is 2.58 bits per heavy atom. The molecule has 31 heavy (non-hydrogen) atoms. The number of hydrogen-bond donors (Lipinski definition) is 0. The van der Waals surface area contributed by atoms with Gasteiger partial charge in [-0.15, -0.1) is 0 Å². The van der Waals surface area contributed by atoms with Gasteiger partial charge in [0, 0.05) is 36.1 Å². The van der Waals surface area contributed by atoms with Crippen LogP contribution >= 0.6 is 15.9 Å². The smallest absolute Gasteiger partial charge is 0.223 e. The van der Waals surface area contributed by atoms with Gasteiger partial charge in [0.25, 0.3) is 0 Å². The van der Waals surface area contributed by atoms with Crippen LogP contribution in [0.3, 0.4) is 0 Å². The van der Waals surface area contributed by atoms with Gasteiger partial charge in [-0.25, -0.2) is 0 Å². The summed E-state index contributed by atoms with van der Waals surface area (Å²) >= 11 is 3.56. The fourth-order valence-electron chi connectivity index (χ4n) is 4.31. The van der Waals surface area contributed by atoms with E-state index in [1.54, 1.807) is 7.11 Å². The Hall–Kier alpha value is -2.54. The standard InChI is InChI=1S/C24H28BrN3O3/c1-14(17-6-8-20(30-5)9-7-17)28-13-18(10-23(28)29)16(3)31-22-12-19(25)11-21-24(22)15(2)27(4)26-21/h6-9,11-12,14,16,18H,10,13H2,1-5H3/t14-,16+,18?/m0/s1. The Kier molecular flexibility index (Phi) is 5.97. The molecule has 3 atom stereocenters. The third-order valence-corrected chi connectivity index (χ3v) is 6.84. The Morgan fingerprint density at radius 1 is 1.19 bits per heavy atom. The van der Waals surface area contributed by atoms with Crippen molar-refractivity contribution in [3.8, 4) is 11.5 Å². The number of halogens is 1. The second-order valence-corrected chi connectivity index (χ2v) is 9.21. The molecule has 1 aliphatic heterocycles. The van der Waals surface area contributed by atoms with E-state index in [9.17, 15) is 4.79 Å². The van der Waals surface area contributed by atoms with Crippen molar-refractivity contribution >= 4 is 32.7 Å². The predicted octanol–water partition coefficient (Wildman–Crippen LogP) is 5.03. The van der Waals surface area contributed by atoms with E-state index >= 15 is 0 Å². The van der Waals surface area contributed by atoms with Crippen LogP contribution in [0.15, 0.2) is 40.9 Å². The van der Waals surface area contributed by atoms with Gasteiger partial charge >= 0.3 is 0 Å². The third-order valence-electron chi connectivity index (χ3n) is 6.38. The highest BCUT2D eigenvalue weighted by molar-refractivity contribution is 9.10. The summed E-state index contributed by atoms with van der Waals surface area (Å²) in [5.74, 6) is 1.91. The summed E-state index contributed by atoms with van der Waals surface area (Å²) in [6.45, 7) is 6.84. The maximum atomic E-state index is 12.8. The van der Waals surface area contributed by atoms with Crippen molar-refractivity contribution in [3.63, 3.8) is 0 Å². The summed E-state index contributed by atoms with van der Waals surface area (Å²) in [6, 6.07) is 11.9. The lowest BCUT2D eigenvalue weighted by atomic mass is 10.0. The number of fused-ring (bicyclic) bond motifs is 1. The summed E-state index contributed by atoms with van der Waals surface area (Å²) in [5, 5.41) is 5.59. The molecule has 1 amide bonds. The van der Waals surface area contributed by atoms with Gasteiger partial charge in [-0.3, -0.25) is 9.48 Å². The topological polar surface area (TPSA) is 56.6 Å². The number of methoxy groups -OCH3 is 1. The number of nitrogens with zero attached hydrogens (tertiary/aromatic N) is 3. The zero-order chi connectivity index (χ0) is 22.3. The second-order valence-electron chi connectivity index (χ2n) is 8.29. The highest BCUT2D eigenvalue weighted by Gasteiger charge is 2.37. The van der Waals surface area contributed by atoms with Gasteiger partial charge in [0.05, 0.1) is 24.1 Å². The van der Waals surface area contributed by atoms with E-state index in [1.807, 2.05) is 60.0 Å². The lowest BCUT2D eigenvalue weighted by Gasteiger charge is -2.27. The maximum Gasteiger partial charge on any atom is 0.223 e. The number of rotatable bonds is 6. The monoisotopic (exact) mass is 485 g/mol. The van der Waals surface area contributed by atoms with Crippen molar-refractivity contribution in [3.05, 3.63) is 52.1 Å². The number of aryl methyl sites for hydroxylation is 2. The van der Waals surface area contributed by atoms with Crippen LogP contribution in [-0.4, -0.2) is 40.3 Å². The SMILES string of the molecule is COc1ccc([C@H](C)N2CC([C@@H](C)Oc3cc(Br)cc4nn(C)c(C)c34)CC2=O)cc1. The highest BCUT2D eigenvalue weighted by Crippen LogP contribution is 2.36. The molecule has 1 aliphatic rings. The number of carbonyl (C=O) groups excluding carboxylic acids is 1. The van der Waals surface area contributed by atoms with Crippen LogP contribution in [0.2, 0.25) is 0 Å². The molecule has 2 aromatic carbocycles. The fraction of sp³-hybridized carbons (Fsp3) is 0.417. The van der Waals surface area contributed by atoms with Crippen LogP contribution in [0.1, 0.15) is 37.6 Å². The molecule has 6 nitrogen and oxygen atoms in total. The van der Waals surface area contributed by atoms with Crippen LogP contribution in [-0.2, 0) is 11.8 Å². The molecular weight excluding hydrogens is 458 g/mol. The first kappa shape index (κ1) is 21.7. The van der Waals surface area contributed by atoms with Crippen molar-refractivity contribution in [2.24, 2.45) is 13.0 Å². The Labute approximate surface area is 191 Å². The number of benzene rings is 2. The first-order valence-electron chi connectivity index (χ1n) is 10.5. The quantitative estimate of drug-likeness (QED) is 0.491. The first-order valence-corrected chi connectivity index (χ1v) is 11.3. The largest absolute Gasteiger partial charge is 0.497 e. The van der Waals surface area contributed by atoms with Gasteiger partial charge in [0.2, 0.25) is 5.91 Å². The number of ether oxygens (including phenoxy) is 2. The van der Waals surface area contributed by atoms with E-state index in [4.69, 9.17) is 9.47 Å². The second kappa shape index (κ2) is 8.54. The van der Waals surface area contributed by atoms with Gasteiger partial charge < -0.3 is 14.4 Å². The molecule has 7 heteroatoms. The molecule has 2 heterocycles. The van der Waals surface area contributed by atoms with E-state index in [-0.39, 0.29) is 24.0 Å². The Bertz CT molecular complexity index is 1110. The Morgan fingerprint density at radius 2 is 1.90 bits per heavy atom. The van der Waals surface area contributed by atoms with E-state index in [1.165, 1.54) is 0 Å². The summed E-state index contributed by atoms with van der Waals surface area (Å²) < 4.78 is 14.5. The average molecular weight is 486 g/mol. The molecule has 0 spiro atoms. The average Bonchev–Trinajstić information content (AvgIpc) is 3.27. The lowest BCUT2D eigenvalue weighted by Crippen LogP contribution is -2.31. The lowest BCUT2D eigenvalue weighted by molar-refractivity contribution is -0.129. The number of likely N-dealkylation sites (tertiary alicyclic amines) is 1. The predicted molar refractivity (Wildman–Crippen MR) is 124 cm³/mol. The highest BCUT2D eigenvalue weighted by atomic mass is 79.9. The van der Waals surface area contributed by atoms with Gasteiger partial charge in [-0.05, 0) is 50.6 Å². The van der Waals surface area contributed by atoms with Crippen LogP contribution in [0.25, 0.3) is 10.9 Å². The van der Waals surface area contributed by atoms with Crippen LogP contribution in [0.5, 0.6) is 11.5 Å². The summed E-state index contributed by atoms with van der Waals surface area (Å²) in [4.78, 5) is 14.8. The molecule has 1 saturated heterocycles. The molecule has 1 aromatic heterocycles. The van der Waals surface area contributed by atoms with E-state index < -0.39 is 0 Å². The molecule has 0 radical (unpaired) electrons. The van der Waals surface area contributed by atoms with Gasteiger partial charge in [-0.1, -0.05) is 28.1 Å². The minimum absolute atomic E-state index is 0.00810. The summed E-state index contributed by atoms with van der Waals surface area (Å²) in [7, 11) is 3.59.